The van der Waals surface area contributed by atoms with Gasteiger partial charge in [0, 0.05) is 0 Å². The Morgan fingerprint density at radius 1 is 1.25 bits per heavy atom. The highest BCUT2D eigenvalue weighted by molar-refractivity contribution is 7.85. The Morgan fingerprint density at radius 3 is 1.92 bits per heavy atom. The summed E-state index contributed by atoms with van der Waals surface area (Å²) in [6.07, 6.45) is -4.73. The Labute approximate surface area is 71.5 Å². The van der Waals surface area contributed by atoms with E-state index in [4.69, 9.17) is 0 Å². The molecule has 0 aliphatic heterocycles. The van der Waals surface area contributed by atoms with Gasteiger partial charge in [0.25, 0.3) is 0 Å². The molecule has 6 heteroatoms. The van der Waals surface area contributed by atoms with Gasteiger partial charge >= 0.3 is 6.18 Å². The van der Waals surface area contributed by atoms with Crippen LogP contribution >= 0.6 is 0 Å². The van der Waals surface area contributed by atoms with E-state index in [1.54, 1.807) is 20.8 Å². The first-order valence-corrected chi connectivity index (χ1v) is 4.27. The van der Waals surface area contributed by atoms with Gasteiger partial charge in [0.1, 0.15) is 17.2 Å². The van der Waals surface area contributed by atoms with Gasteiger partial charge in [-0.2, -0.15) is 17.6 Å². The largest absolute Gasteiger partial charge is 0.427 e. The third-order valence-corrected chi connectivity index (χ3v) is 2.16. The van der Waals surface area contributed by atoms with E-state index in [1.807, 2.05) is 0 Å². The molecule has 0 heterocycles. The number of hydrogen-bond acceptors (Lipinski definition) is 1. The standard InChI is InChI=1S/C6H10F3NOS/c1-5(2,3)12(11)10-4-6(7,8)9/h4H,1-3H3/t12-/m1/s1. The minimum Gasteiger partial charge on any atom is -0.234 e. The monoisotopic (exact) mass is 201 g/mol. The summed E-state index contributed by atoms with van der Waals surface area (Å²) in [5, 5.41) is 0. The first kappa shape index (κ1) is 11.6. The summed E-state index contributed by atoms with van der Waals surface area (Å²) in [7, 11) is -1.83. The van der Waals surface area contributed by atoms with Crippen LogP contribution < -0.4 is 0 Å². The summed E-state index contributed by atoms with van der Waals surface area (Å²) in [4.78, 5) is 0. The highest BCUT2D eigenvalue weighted by Gasteiger charge is 2.26. The average Bonchev–Trinajstić information content (AvgIpc) is 1.78. The number of alkyl halides is 3. The Hall–Kier alpha value is -0.390. The molecule has 0 saturated heterocycles. The van der Waals surface area contributed by atoms with E-state index < -0.39 is 21.9 Å². The Morgan fingerprint density at radius 2 is 1.67 bits per heavy atom. The molecule has 0 bridgehead atoms. The van der Waals surface area contributed by atoms with Crippen molar-refractivity contribution in [3.05, 3.63) is 0 Å². The lowest BCUT2D eigenvalue weighted by atomic mass is 10.3. The van der Waals surface area contributed by atoms with Gasteiger partial charge in [-0.05, 0) is 20.8 Å². The van der Waals surface area contributed by atoms with E-state index in [-0.39, 0.29) is 6.21 Å². The molecular weight excluding hydrogens is 191 g/mol. The molecule has 2 nitrogen and oxygen atoms in total. The van der Waals surface area contributed by atoms with Gasteiger partial charge in [-0.1, -0.05) is 0 Å². The molecule has 0 aliphatic rings. The van der Waals surface area contributed by atoms with Crippen molar-refractivity contribution in [2.75, 3.05) is 0 Å². The first-order chi connectivity index (χ1) is 5.13. The topological polar surface area (TPSA) is 29.4 Å². The van der Waals surface area contributed by atoms with E-state index in [9.17, 15) is 17.4 Å². The predicted molar refractivity (Wildman–Crippen MR) is 42.4 cm³/mol. The lowest BCUT2D eigenvalue weighted by Gasteiger charge is -2.12. The molecule has 0 aromatic carbocycles. The van der Waals surface area contributed by atoms with E-state index in [2.05, 4.69) is 4.40 Å². The van der Waals surface area contributed by atoms with Gasteiger partial charge in [0.05, 0.1) is 4.75 Å². The van der Waals surface area contributed by atoms with E-state index in [0.717, 1.165) is 0 Å². The Bertz CT molecular complexity index is 204. The first-order valence-electron chi connectivity index (χ1n) is 3.17. The van der Waals surface area contributed by atoms with Crippen LogP contribution in [0.3, 0.4) is 0 Å². The van der Waals surface area contributed by atoms with Crippen LogP contribution in [-0.4, -0.2) is 21.3 Å². The molecule has 0 radical (unpaired) electrons. The smallest absolute Gasteiger partial charge is 0.234 e. The molecule has 0 aromatic heterocycles. The van der Waals surface area contributed by atoms with E-state index in [1.165, 1.54) is 0 Å². The highest BCUT2D eigenvalue weighted by Crippen LogP contribution is 2.15. The molecule has 0 aromatic rings. The highest BCUT2D eigenvalue weighted by atomic mass is 32.2. The molecule has 0 spiro atoms. The molecule has 0 saturated carbocycles. The fourth-order valence-corrected chi connectivity index (χ4v) is 0.797. The normalized spacial score (nSPS) is 16.8. The Kier molecular flexibility index (Phi) is 3.44. The quantitative estimate of drug-likeness (QED) is 0.597. The minimum atomic E-state index is -4.49. The summed E-state index contributed by atoms with van der Waals surface area (Å²) in [5.74, 6) is 0. The molecule has 0 fully saturated rings. The molecule has 1 atom stereocenters. The van der Waals surface area contributed by atoms with Crippen molar-refractivity contribution in [2.24, 2.45) is 4.40 Å². The average molecular weight is 201 g/mol. The third-order valence-electron chi connectivity index (χ3n) is 0.819. The zero-order valence-corrected chi connectivity index (χ0v) is 7.79. The summed E-state index contributed by atoms with van der Waals surface area (Å²) in [6, 6.07) is 0. The third kappa shape index (κ3) is 5.29. The van der Waals surface area contributed by atoms with Crippen molar-refractivity contribution in [3.8, 4) is 0 Å². The van der Waals surface area contributed by atoms with E-state index >= 15 is 0 Å². The minimum absolute atomic E-state index is 0.242. The maximum Gasteiger partial charge on any atom is 0.427 e. The summed E-state index contributed by atoms with van der Waals surface area (Å²) in [5.41, 5.74) is 0. The lowest BCUT2D eigenvalue weighted by molar-refractivity contribution is -0.0533. The van der Waals surface area contributed by atoms with Crippen LogP contribution in [0, 0.1) is 0 Å². The Balaban J connectivity index is 4.30. The number of hydrogen-bond donors (Lipinski definition) is 0. The van der Waals surface area contributed by atoms with Gasteiger partial charge in [-0.25, -0.2) is 4.21 Å². The predicted octanol–water partition coefficient (Wildman–Crippen LogP) is 2.08. The summed E-state index contributed by atoms with van der Waals surface area (Å²) >= 11 is 0. The number of halogens is 3. The fourth-order valence-electron chi connectivity index (χ4n) is 0.266. The van der Waals surface area contributed by atoms with Crippen LogP contribution in [0.1, 0.15) is 20.8 Å². The zero-order valence-electron chi connectivity index (χ0n) is 6.97. The van der Waals surface area contributed by atoms with Crippen molar-refractivity contribution in [3.63, 3.8) is 0 Å². The van der Waals surface area contributed by atoms with Crippen molar-refractivity contribution >= 4 is 17.2 Å². The molecule has 0 aliphatic carbocycles. The van der Waals surface area contributed by atoms with Crippen molar-refractivity contribution in [1.29, 1.82) is 0 Å². The van der Waals surface area contributed by atoms with Crippen LogP contribution in [-0.2, 0) is 11.0 Å². The van der Waals surface area contributed by atoms with Crippen molar-refractivity contribution in [2.45, 2.75) is 31.7 Å². The van der Waals surface area contributed by atoms with Crippen molar-refractivity contribution in [1.82, 2.24) is 0 Å². The molecule has 12 heavy (non-hydrogen) atoms. The van der Waals surface area contributed by atoms with Crippen LogP contribution in [0.4, 0.5) is 13.2 Å². The summed E-state index contributed by atoms with van der Waals surface area (Å²) in [6.45, 7) is 4.66. The van der Waals surface area contributed by atoms with Gasteiger partial charge in [0.2, 0.25) is 0 Å². The van der Waals surface area contributed by atoms with Crippen LogP contribution in [0.25, 0.3) is 0 Å². The van der Waals surface area contributed by atoms with Gasteiger partial charge in [0.15, 0.2) is 0 Å². The second kappa shape index (κ2) is 3.55. The maximum absolute atomic E-state index is 11.5. The second-order valence-corrected chi connectivity index (χ2v) is 5.07. The fraction of sp³-hybridized carbons (Fsp3) is 0.833. The molecule has 0 amide bonds. The summed E-state index contributed by atoms with van der Waals surface area (Å²) < 4.78 is 47.6. The van der Waals surface area contributed by atoms with E-state index in [0.29, 0.717) is 0 Å². The number of nitrogens with zero attached hydrogens (tertiary/aromatic N) is 1. The molecule has 72 valence electrons. The van der Waals surface area contributed by atoms with Gasteiger partial charge in [-0.3, -0.25) is 0 Å². The number of rotatable bonds is 1. The van der Waals surface area contributed by atoms with Crippen LogP contribution in [0.5, 0.6) is 0 Å². The zero-order chi connectivity index (χ0) is 9.99. The van der Waals surface area contributed by atoms with Crippen molar-refractivity contribution < 1.29 is 17.4 Å². The molecular formula is C6H10F3NOS. The SMILES string of the molecule is CC(C)(C)[S@@](=O)N=CC(F)(F)F. The molecule has 0 unspecified atom stereocenters. The van der Waals surface area contributed by atoms with Crippen LogP contribution in [0.2, 0.25) is 0 Å². The van der Waals surface area contributed by atoms with Gasteiger partial charge in [-0.15, -0.1) is 0 Å². The molecule has 0 N–H and O–H groups in total. The maximum atomic E-state index is 11.5. The lowest BCUT2D eigenvalue weighted by Crippen LogP contribution is -2.21. The van der Waals surface area contributed by atoms with Gasteiger partial charge < -0.3 is 0 Å². The second-order valence-electron chi connectivity index (χ2n) is 3.14. The van der Waals surface area contributed by atoms with Crippen LogP contribution in [0.15, 0.2) is 4.40 Å². The molecule has 0 rings (SSSR count).